The molecule has 4 heterocycles. The average Bonchev–Trinajstić information content (AvgIpc) is 3.39. The van der Waals surface area contributed by atoms with E-state index >= 15 is 0 Å². The maximum Gasteiger partial charge on any atom is 0.323 e. The van der Waals surface area contributed by atoms with Crippen molar-refractivity contribution in [3.63, 3.8) is 0 Å². The number of piperidine rings is 1. The molecule has 0 saturated carbocycles. The van der Waals surface area contributed by atoms with Crippen LogP contribution in [-0.4, -0.2) is 97.0 Å². The fourth-order valence-corrected chi connectivity index (χ4v) is 6.73. The lowest BCUT2D eigenvalue weighted by Gasteiger charge is -2.36. The Kier molecular flexibility index (Phi) is 9.37. The molecule has 11 heteroatoms. The van der Waals surface area contributed by atoms with Crippen molar-refractivity contribution in [1.82, 2.24) is 19.9 Å². The summed E-state index contributed by atoms with van der Waals surface area (Å²) < 4.78 is 5.67. The van der Waals surface area contributed by atoms with Crippen LogP contribution in [0, 0.1) is 0 Å². The number of nitrogens with one attached hydrogen (secondary N) is 2. The van der Waals surface area contributed by atoms with Gasteiger partial charge >= 0.3 is 6.03 Å². The molecule has 3 fully saturated rings. The third-order valence-electron chi connectivity index (χ3n) is 9.51. The number of morpholine rings is 1. The number of benzene rings is 2. The van der Waals surface area contributed by atoms with E-state index in [0.29, 0.717) is 48.8 Å². The van der Waals surface area contributed by atoms with Crippen LogP contribution in [-0.2, 0) is 4.74 Å². The quantitative estimate of drug-likeness (QED) is 0.367. The van der Waals surface area contributed by atoms with Gasteiger partial charge in [0.25, 0.3) is 0 Å². The smallest absolute Gasteiger partial charge is 0.323 e. The molecular formula is C34H47N9O2. The standard InChI is InChI=1S/C34H47N9O2/c1-23-6-7-24(2)43(23)33-38-31(37-32(39-33)42-20-21-45-22-25(42)3)26-8-10-27(11-9-26)35-34(44)36-28-12-14-30(15-13-28)41-18-16-29(17-19-41)40(4)5/h8-15,23-25,29H,6-7,16-22H2,1-5H3,(H2,35,36,44)/t23-,24+,25-/m1/s1. The lowest BCUT2D eigenvalue weighted by molar-refractivity contribution is 0.0981. The highest BCUT2D eigenvalue weighted by atomic mass is 16.5. The van der Waals surface area contributed by atoms with Crippen molar-refractivity contribution in [1.29, 1.82) is 0 Å². The van der Waals surface area contributed by atoms with Gasteiger partial charge in [0, 0.05) is 60.4 Å². The molecule has 45 heavy (non-hydrogen) atoms. The highest BCUT2D eigenvalue weighted by Crippen LogP contribution is 2.31. The maximum atomic E-state index is 12.8. The minimum Gasteiger partial charge on any atom is -0.377 e. The summed E-state index contributed by atoms with van der Waals surface area (Å²) >= 11 is 0. The van der Waals surface area contributed by atoms with Gasteiger partial charge in [0.2, 0.25) is 11.9 Å². The summed E-state index contributed by atoms with van der Waals surface area (Å²) in [5.41, 5.74) is 3.50. The highest BCUT2D eigenvalue weighted by molar-refractivity contribution is 5.99. The van der Waals surface area contributed by atoms with E-state index in [9.17, 15) is 4.79 Å². The molecule has 3 aromatic rings. The zero-order valence-electron chi connectivity index (χ0n) is 27.2. The number of amides is 2. The molecule has 0 spiro atoms. The molecule has 0 bridgehead atoms. The van der Waals surface area contributed by atoms with E-state index < -0.39 is 0 Å². The lowest BCUT2D eigenvalue weighted by atomic mass is 10.0. The number of hydrogen-bond acceptors (Lipinski definition) is 9. The summed E-state index contributed by atoms with van der Waals surface area (Å²) in [6, 6.07) is 17.0. The van der Waals surface area contributed by atoms with Crippen LogP contribution in [0.25, 0.3) is 11.4 Å². The molecule has 0 aliphatic carbocycles. The molecule has 6 rings (SSSR count). The van der Waals surface area contributed by atoms with Crippen molar-refractivity contribution in [2.75, 3.05) is 72.3 Å². The normalized spacial score (nSPS) is 22.6. The molecule has 2 aromatic carbocycles. The zero-order chi connectivity index (χ0) is 31.5. The first-order valence-electron chi connectivity index (χ1n) is 16.3. The molecule has 3 aliphatic heterocycles. The molecule has 0 unspecified atom stereocenters. The monoisotopic (exact) mass is 613 g/mol. The van der Waals surface area contributed by atoms with Crippen molar-refractivity contribution in [2.24, 2.45) is 0 Å². The molecule has 2 N–H and O–H groups in total. The Balaban J connectivity index is 1.12. The Bertz CT molecular complexity index is 1430. The van der Waals surface area contributed by atoms with Gasteiger partial charge in [-0.1, -0.05) is 0 Å². The molecule has 3 atom stereocenters. The van der Waals surface area contributed by atoms with E-state index in [4.69, 9.17) is 19.7 Å². The Labute approximate surface area is 267 Å². The van der Waals surface area contributed by atoms with Crippen LogP contribution in [0.4, 0.5) is 33.8 Å². The van der Waals surface area contributed by atoms with E-state index in [1.54, 1.807) is 0 Å². The molecule has 2 amide bonds. The first kappa shape index (κ1) is 31.0. The predicted molar refractivity (Wildman–Crippen MR) is 182 cm³/mol. The molecule has 11 nitrogen and oxygen atoms in total. The number of anilines is 5. The first-order valence-corrected chi connectivity index (χ1v) is 16.3. The van der Waals surface area contributed by atoms with Gasteiger partial charge in [0.1, 0.15) is 0 Å². The van der Waals surface area contributed by atoms with E-state index in [0.717, 1.165) is 62.5 Å². The van der Waals surface area contributed by atoms with Crippen LogP contribution >= 0.6 is 0 Å². The van der Waals surface area contributed by atoms with Gasteiger partial charge in [0.05, 0.1) is 19.3 Å². The second-order valence-corrected chi connectivity index (χ2v) is 12.9. The summed E-state index contributed by atoms with van der Waals surface area (Å²) in [7, 11) is 4.31. The maximum absolute atomic E-state index is 12.8. The van der Waals surface area contributed by atoms with Crippen LogP contribution in [0.1, 0.15) is 46.5 Å². The van der Waals surface area contributed by atoms with E-state index in [2.05, 4.69) is 77.2 Å². The summed E-state index contributed by atoms with van der Waals surface area (Å²) in [5.74, 6) is 2.03. The zero-order valence-corrected chi connectivity index (χ0v) is 27.2. The van der Waals surface area contributed by atoms with Gasteiger partial charge in [0.15, 0.2) is 5.82 Å². The fraction of sp³-hybridized carbons (Fsp3) is 0.529. The number of urea groups is 1. The Morgan fingerprint density at radius 2 is 1.38 bits per heavy atom. The largest absolute Gasteiger partial charge is 0.377 e. The van der Waals surface area contributed by atoms with E-state index in [1.807, 2.05) is 36.4 Å². The minimum absolute atomic E-state index is 0.178. The highest BCUT2D eigenvalue weighted by Gasteiger charge is 2.32. The van der Waals surface area contributed by atoms with E-state index in [1.165, 1.54) is 5.69 Å². The third-order valence-corrected chi connectivity index (χ3v) is 9.51. The van der Waals surface area contributed by atoms with Crippen LogP contribution in [0.5, 0.6) is 0 Å². The summed E-state index contributed by atoms with van der Waals surface area (Å²) in [4.78, 5) is 36.9. The fourth-order valence-electron chi connectivity index (χ4n) is 6.73. The predicted octanol–water partition coefficient (Wildman–Crippen LogP) is 5.32. The van der Waals surface area contributed by atoms with Gasteiger partial charge in [-0.2, -0.15) is 15.0 Å². The second-order valence-electron chi connectivity index (χ2n) is 12.9. The summed E-state index contributed by atoms with van der Waals surface area (Å²) in [6.07, 6.45) is 4.56. The van der Waals surface area contributed by atoms with Gasteiger partial charge in [-0.05, 0) is 109 Å². The van der Waals surface area contributed by atoms with Crippen LogP contribution < -0.4 is 25.3 Å². The van der Waals surface area contributed by atoms with Crippen LogP contribution in [0.3, 0.4) is 0 Å². The van der Waals surface area contributed by atoms with Crippen molar-refractivity contribution in [3.8, 4) is 11.4 Å². The number of rotatable bonds is 7. The molecule has 1 aromatic heterocycles. The number of ether oxygens (including phenoxy) is 1. The molecular weight excluding hydrogens is 566 g/mol. The molecule has 0 radical (unpaired) electrons. The van der Waals surface area contributed by atoms with Crippen molar-refractivity contribution in [2.45, 2.75) is 70.6 Å². The van der Waals surface area contributed by atoms with Crippen molar-refractivity contribution >= 4 is 35.0 Å². The van der Waals surface area contributed by atoms with E-state index in [-0.39, 0.29) is 12.1 Å². The van der Waals surface area contributed by atoms with Gasteiger partial charge in [-0.25, -0.2) is 4.79 Å². The Morgan fingerprint density at radius 3 is 1.98 bits per heavy atom. The summed E-state index contributed by atoms with van der Waals surface area (Å²) in [5, 5.41) is 5.90. The number of aromatic nitrogens is 3. The third kappa shape index (κ3) is 7.15. The number of nitrogens with zero attached hydrogens (tertiary/aromatic N) is 7. The van der Waals surface area contributed by atoms with Crippen LogP contribution in [0.2, 0.25) is 0 Å². The lowest BCUT2D eigenvalue weighted by Crippen LogP contribution is -2.45. The van der Waals surface area contributed by atoms with Gasteiger partial charge in [-0.3, -0.25) is 0 Å². The number of carbonyl (C=O) groups excluding carboxylic acids is 1. The SMILES string of the molecule is C[C@@H]1COCCN1c1nc(-c2ccc(NC(=O)Nc3ccc(N4CCC(N(C)C)CC4)cc3)cc2)nc(N2[C@H](C)CC[C@@H]2C)n1. The topological polar surface area (TPSA) is 102 Å². The Hall–Kier alpha value is -3.96. The summed E-state index contributed by atoms with van der Waals surface area (Å²) in [6.45, 7) is 10.7. The molecule has 3 aliphatic rings. The van der Waals surface area contributed by atoms with Crippen LogP contribution in [0.15, 0.2) is 48.5 Å². The van der Waals surface area contributed by atoms with Crippen molar-refractivity contribution in [3.05, 3.63) is 48.5 Å². The number of carbonyl (C=O) groups is 1. The second kappa shape index (κ2) is 13.6. The molecule has 240 valence electrons. The number of hydrogen-bond donors (Lipinski definition) is 2. The first-order chi connectivity index (χ1) is 21.7. The van der Waals surface area contributed by atoms with Crippen molar-refractivity contribution < 1.29 is 9.53 Å². The minimum atomic E-state index is -0.287. The average molecular weight is 614 g/mol. The van der Waals surface area contributed by atoms with Gasteiger partial charge < -0.3 is 35.0 Å². The molecule has 3 saturated heterocycles. The van der Waals surface area contributed by atoms with Gasteiger partial charge in [-0.15, -0.1) is 0 Å². The Morgan fingerprint density at radius 1 is 0.778 bits per heavy atom.